The van der Waals surface area contributed by atoms with E-state index in [1.807, 2.05) is 6.07 Å². The van der Waals surface area contributed by atoms with E-state index in [-0.39, 0.29) is 35.7 Å². The second-order valence-corrected chi connectivity index (χ2v) is 6.74. The maximum Gasteiger partial charge on any atom is 0.309 e. The Bertz CT molecular complexity index is 307. The fourth-order valence-corrected chi connectivity index (χ4v) is 1.84. The molecule has 0 aromatic rings. The quantitative estimate of drug-likeness (QED) is 0.532. The van der Waals surface area contributed by atoms with Gasteiger partial charge in [0, 0.05) is 0 Å². The zero-order chi connectivity index (χ0) is 14.4. The van der Waals surface area contributed by atoms with Crippen LogP contribution in [-0.4, -0.2) is 12.6 Å². The second-order valence-electron chi connectivity index (χ2n) is 6.74. The van der Waals surface area contributed by atoms with Crippen LogP contribution >= 0.6 is 0 Å². The normalized spacial score (nSPS) is 13.8. The number of rotatable bonds is 6. The minimum atomic E-state index is -0.160. The number of hydrogen-bond donors (Lipinski definition) is 0. The summed E-state index contributed by atoms with van der Waals surface area (Å²) in [5.74, 6) is -0.270. The summed E-state index contributed by atoms with van der Waals surface area (Å²) in [6, 6.07) is 1.99. The lowest BCUT2D eigenvalue weighted by Crippen LogP contribution is -2.35. The Balaban J connectivity index is 4.77. The summed E-state index contributed by atoms with van der Waals surface area (Å²) in [5.41, 5.74) is 0.0162. The van der Waals surface area contributed by atoms with Crippen molar-refractivity contribution in [2.24, 2.45) is 16.7 Å². The molecule has 3 heteroatoms. The van der Waals surface area contributed by atoms with Crippen molar-refractivity contribution in [2.45, 2.75) is 60.8 Å². The second kappa shape index (κ2) is 6.78. The molecule has 1 unspecified atom stereocenters. The van der Waals surface area contributed by atoms with Crippen LogP contribution in [0.25, 0.3) is 0 Å². The molecule has 0 spiro atoms. The molecule has 0 amide bonds. The number of hydrogen-bond acceptors (Lipinski definition) is 3. The van der Waals surface area contributed by atoms with Gasteiger partial charge in [-0.15, -0.1) is 0 Å². The van der Waals surface area contributed by atoms with Crippen LogP contribution in [0.5, 0.6) is 0 Å². The van der Waals surface area contributed by atoms with Gasteiger partial charge in [0.05, 0.1) is 18.4 Å². The van der Waals surface area contributed by atoms with Gasteiger partial charge in [0.2, 0.25) is 0 Å². The average molecular weight is 253 g/mol. The van der Waals surface area contributed by atoms with Crippen LogP contribution in [0.3, 0.4) is 0 Å². The van der Waals surface area contributed by atoms with E-state index in [0.29, 0.717) is 0 Å². The monoisotopic (exact) mass is 253 g/mol. The highest BCUT2D eigenvalue weighted by Gasteiger charge is 2.37. The number of nitriles is 1. The van der Waals surface area contributed by atoms with Crippen molar-refractivity contribution in [1.29, 1.82) is 5.26 Å². The van der Waals surface area contributed by atoms with E-state index in [1.54, 1.807) is 0 Å². The summed E-state index contributed by atoms with van der Waals surface area (Å²) in [5, 5.41) is 8.47. The van der Waals surface area contributed by atoms with Crippen molar-refractivity contribution in [2.75, 3.05) is 6.61 Å². The van der Waals surface area contributed by atoms with E-state index < -0.39 is 0 Å². The highest BCUT2D eigenvalue weighted by molar-refractivity contribution is 5.73. The fraction of sp³-hybridized carbons (Fsp3) is 0.867. The van der Waals surface area contributed by atoms with Crippen LogP contribution in [-0.2, 0) is 9.53 Å². The Morgan fingerprint density at radius 3 is 2.22 bits per heavy atom. The van der Waals surface area contributed by atoms with Gasteiger partial charge in [-0.1, -0.05) is 48.0 Å². The molecule has 0 aliphatic rings. The molecule has 0 radical (unpaired) electrons. The molecular formula is C15H27NO2. The van der Waals surface area contributed by atoms with Gasteiger partial charge in [0.25, 0.3) is 0 Å². The lowest BCUT2D eigenvalue weighted by Gasteiger charge is -2.35. The lowest BCUT2D eigenvalue weighted by molar-refractivity contribution is -0.154. The first-order valence-electron chi connectivity index (χ1n) is 6.67. The van der Waals surface area contributed by atoms with Crippen molar-refractivity contribution in [3.8, 4) is 6.07 Å². The van der Waals surface area contributed by atoms with E-state index >= 15 is 0 Å². The molecule has 0 fully saturated rings. The Kier molecular flexibility index (Phi) is 6.38. The topological polar surface area (TPSA) is 50.1 Å². The fourth-order valence-electron chi connectivity index (χ4n) is 1.84. The third kappa shape index (κ3) is 6.05. The lowest BCUT2D eigenvalue weighted by atomic mass is 9.70. The van der Waals surface area contributed by atoms with Gasteiger partial charge in [-0.25, -0.2) is 0 Å². The Morgan fingerprint density at radius 1 is 1.28 bits per heavy atom. The molecule has 18 heavy (non-hydrogen) atoms. The summed E-state index contributed by atoms with van der Waals surface area (Å²) in [7, 11) is 0. The van der Waals surface area contributed by atoms with E-state index in [2.05, 4.69) is 41.5 Å². The third-order valence-electron chi connectivity index (χ3n) is 3.41. The molecule has 0 heterocycles. The Hall–Kier alpha value is -1.04. The molecule has 0 saturated heterocycles. The van der Waals surface area contributed by atoms with Gasteiger partial charge >= 0.3 is 5.97 Å². The summed E-state index contributed by atoms with van der Waals surface area (Å²) in [6.07, 6.45) is 2.00. The zero-order valence-corrected chi connectivity index (χ0v) is 12.7. The first-order valence-corrected chi connectivity index (χ1v) is 6.67. The third-order valence-corrected chi connectivity index (χ3v) is 3.41. The maximum atomic E-state index is 12.2. The van der Waals surface area contributed by atoms with Gasteiger partial charge in [-0.2, -0.15) is 5.26 Å². The Morgan fingerprint density at radius 2 is 1.83 bits per heavy atom. The first-order chi connectivity index (χ1) is 8.14. The number of ether oxygens (including phenoxy) is 1. The van der Waals surface area contributed by atoms with E-state index in [1.165, 1.54) is 0 Å². The van der Waals surface area contributed by atoms with Crippen molar-refractivity contribution < 1.29 is 9.53 Å². The predicted molar refractivity (Wildman–Crippen MR) is 72.8 cm³/mol. The molecule has 1 atom stereocenters. The zero-order valence-electron chi connectivity index (χ0n) is 12.7. The van der Waals surface area contributed by atoms with Crippen LogP contribution in [0.1, 0.15) is 60.8 Å². The summed E-state index contributed by atoms with van der Waals surface area (Å²) >= 11 is 0. The smallest absolute Gasteiger partial charge is 0.309 e. The standard InChI is InChI=1S/C15H27NO2/c1-7-15(5,6)12(11-14(2,3)4)13(17)18-10-8-9-16/h12H,7-8,10-11H2,1-6H3. The van der Waals surface area contributed by atoms with Gasteiger partial charge < -0.3 is 4.74 Å². The van der Waals surface area contributed by atoms with E-state index in [9.17, 15) is 4.79 Å². The number of carbonyl (C=O) groups is 1. The molecule has 0 aliphatic heterocycles. The molecular weight excluding hydrogens is 226 g/mol. The molecule has 0 N–H and O–H groups in total. The largest absolute Gasteiger partial charge is 0.464 e. The van der Waals surface area contributed by atoms with Crippen LogP contribution in [0.4, 0.5) is 0 Å². The highest BCUT2D eigenvalue weighted by Crippen LogP contribution is 2.39. The van der Waals surface area contributed by atoms with Crippen molar-refractivity contribution in [3.63, 3.8) is 0 Å². The van der Waals surface area contributed by atoms with Gasteiger partial charge in [-0.3, -0.25) is 4.79 Å². The molecule has 0 bridgehead atoms. The van der Waals surface area contributed by atoms with Crippen molar-refractivity contribution >= 4 is 5.97 Å². The molecule has 0 saturated carbocycles. The number of carbonyl (C=O) groups excluding carboxylic acids is 1. The van der Waals surface area contributed by atoms with E-state index in [0.717, 1.165) is 12.8 Å². The minimum absolute atomic E-state index is 0.0724. The SMILES string of the molecule is CCC(C)(C)C(CC(C)(C)C)C(=O)OCCC#N. The first kappa shape index (κ1) is 17.0. The maximum absolute atomic E-state index is 12.2. The summed E-state index contributed by atoms with van der Waals surface area (Å²) in [6.45, 7) is 12.9. The number of esters is 1. The van der Waals surface area contributed by atoms with Crippen LogP contribution in [0, 0.1) is 28.1 Å². The molecule has 104 valence electrons. The van der Waals surface area contributed by atoms with Crippen LogP contribution < -0.4 is 0 Å². The molecule has 3 nitrogen and oxygen atoms in total. The minimum Gasteiger partial charge on any atom is -0.464 e. The molecule has 0 aromatic carbocycles. The predicted octanol–water partition coefficient (Wildman–Crippen LogP) is 3.93. The number of nitrogens with zero attached hydrogens (tertiary/aromatic N) is 1. The summed E-state index contributed by atoms with van der Waals surface area (Å²) < 4.78 is 5.22. The Labute approximate surface area is 112 Å². The van der Waals surface area contributed by atoms with Crippen molar-refractivity contribution in [1.82, 2.24) is 0 Å². The average Bonchev–Trinajstić information content (AvgIpc) is 2.24. The summed E-state index contributed by atoms with van der Waals surface area (Å²) in [4.78, 5) is 12.2. The molecule has 0 aliphatic carbocycles. The molecule has 0 rings (SSSR count). The van der Waals surface area contributed by atoms with E-state index in [4.69, 9.17) is 10.00 Å². The van der Waals surface area contributed by atoms with Crippen LogP contribution in [0.15, 0.2) is 0 Å². The van der Waals surface area contributed by atoms with Crippen molar-refractivity contribution in [3.05, 3.63) is 0 Å². The molecule has 0 aromatic heterocycles. The van der Waals surface area contributed by atoms with Gasteiger partial charge in [0.15, 0.2) is 0 Å². The van der Waals surface area contributed by atoms with Crippen LogP contribution in [0.2, 0.25) is 0 Å². The van der Waals surface area contributed by atoms with Gasteiger partial charge in [-0.05, 0) is 17.3 Å². The van der Waals surface area contributed by atoms with Gasteiger partial charge in [0.1, 0.15) is 6.61 Å². The highest BCUT2D eigenvalue weighted by atomic mass is 16.5.